The summed E-state index contributed by atoms with van der Waals surface area (Å²) in [5.74, 6) is 0. The highest BCUT2D eigenvalue weighted by Gasteiger charge is 2.04. The van der Waals surface area contributed by atoms with Crippen LogP contribution in [0.5, 0.6) is 0 Å². The van der Waals surface area contributed by atoms with Crippen molar-refractivity contribution in [2.75, 3.05) is 18.5 Å². The molecule has 0 aliphatic rings. The van der Waals surface area contributed by atoms with Crippen LogP contribution in [0, 0.1) is 0 Å². The molecule has 0 spiro atoms. The molecule has 96 valence electrons. The van der Waals surface area contributed by atoms with Crippen LogP contribution in [0.4, 0.5) is 5.69 Å². The van der Waals surface area contributed by atoms with Crippen LogP contribution in [0.1, 0.15) is 25.3 Å². The van der Waals surface area contributed by atoms with Gasteiger partial charge in [-0.15, -0.1) is 0 Å². The van der Waals surface area contributed by atoms with Gasteiger partial charge in [0.15, 0.2) is 0 Å². The van der Waals surface area contributed by atoms with Crippen LogP contribution < -0.4 is 5.32 Å². The van der Waals surface area contributed by atoms with E-state index in [0.717, 1.165) is 16.6 Å². The highest BCUT2D eigenvalue weighted by Crippen LogP contribution is 2.24. The third-order valence-corrected chi connectivity index (χ3v) is 3.25. The van der Waals surface area contributed by atoms with Gasteiger partial charge in [0.1, 0.15) is 0 Å². The van der Waals surface area contributed by atoms with E-state index in [1.54, 1.807) is 0 Å². The van der Waals surface area contributed by atoms with Gasteiger partial charge >= 0.3 is 0 Å². The van der Waals surface area contributed by atoms with E-state index in [2.05, 4.69) is 40.3 Å². The zero-order valence-electron chi connectivity index (χ0n) is 10.1. The Bertz CT molecular complexity index is 344. The Morgan fingerprint density at radius 3 is 2.76 bits per heavy atom. The standard InChI is InChI=1S/C13H20BrNO2/c1-2-3-4-10-5-6-13(12(14)7-10)15-8-11(17)9-16/h5-7,11,15-17H,2-4,8-9H2,1H3. The van der Waals surface area contributed by atoms with Crippen molar-refractivity contribution in [2.24, 2.45) is 0 Å². The minimum Gasteiger partial charge on any atom is -0.394 e. The predicted molar refractivity (Wildman–Crippen MR) is 74.3 cm³/mol. The van der Waals surface area contributed by atoms with Crippen molar-refractivity contribution in [1.29, 1.82) is 0 Å². The summed E-state index contributed by atoms with van der Waals surface area (Å²) in [7, 11) is 0. The Morgan fingerprint density at radius 2 is 2.18 bits per heavy atom. The van der Waals surface area contributed by atoms with Gasteiger partial charge in [-0.3, -0.25) is 0 Å². The highest BCUT2D eigenvalue weighted by molar-refractivity contribution is 9.10. The number of hydrogen-bond acceptors (Lipinski definition) is 3. The first-order chi connectivity index (χ1) is 8.17. The van der Waals surface area contributed by atoms with Crippen LogP contribution in [-0.2, 0) is 6.42 Å². The van der Waals surface area contributed by atoms with E-state index < -0.39 is 6.10 Å². The van der Waals surface area contributed by atoms with Crippen molar-refractivity contribution in [3.05, 3.63) is 28.2 Å². The van der Waals surface area contributed by atoms with Crippen molar-refractivity contribution < 1.29 is 10.2 Å². The molecule has 0 aromatic heterocycles. The molecular weight excluding hydrogens is 282 g/mol. The van der Waals surface area contributed by atoms with E-state index in [-0.39, 0.29) is 6.61 Å². The van der Waals surface area contributed by atoms with Gasteiger partial charge in [-0.1, -0.05) is 19.4 Å². The molecule has 0 radical (unpaired) electrons. The summed E-state index contributed by atoms with van der Waals surface area (Å²) in [5, 5.41) is 21.1. The Morgan fingerprint density at radius 1 is 1.41 bits per heavy atom. The van der Waals surface area contributed by atoms with Crippen LogP contribution in [0.25, 0.3) is 0 Å². The summed E-state index contributed by atoms with van der Waals surface area (Å²) in [6.45, 7) is 2.31. The number of aliphatic hydroxyl groups excluding tert-OH is 2. The van der Waals surface area contributed by atoms with Gasteiger partial charge < -0.3 is 15.5 Å². The van der Waals surface area contributed by atoms with Gasteiger partial charge in [-0.25, -0.2) is 0 Å². The molecule has 0 saturated heterocycles. The second-order valence-electron chi connectivity index (χ2n) is 4.14. The second kappa shape index (κ2) is 7.69. The van der Waals surface area contributed by atoms with Gasteiger partial charge in [0.05, 0.1) is 12.7 Å². The lowest BCUT2D eigenvalue weighted by molar-refractivity contribution is 0.105. The molecule has 1 aromatic rings. The normalized spacial score (nSPS) is 12.5. The second-order valence-corrected chi connectivity index (χ2v) is 4.99. The summed E-state index contributed by atoms with van der Waals surface area (Å²) < 4.78 is 0.997. The smallest absolute Gasteiger partial charge is 0.0942 e. The number of anilines is 1. The van der Waals surface area contributed by atoms with Crippen molar-refractivity contribution in [3.8, 4) is 0 Å². The van der Waals surface area contributed by atoms with E-state index in [0.29, 0.717) is 6.54 Å². The van der Waals surface area contributed by atoms with Crippen molar-refractivity contribution in [1.82, 2.24) is 0 Å². The van der Waals surface area contributed by atoms with Gasteiger partial charge in [-0.2, -0.15) is 0 Å². The Labute approximate surface area is 111 Å². The Hall–Kier alpha value is -0.580. The molecule has 0 amide bonds. The molecule has 3 nitrogen and oxygen atoms in total. The molecule has 3 N–H and O–H groups in total. The SMILES string of the molecule is CCCCc1ccc(NCC(O)CO)c(Br)c1. The molecule has 1 unspecified atom stereocenters. The van der Waals surface area contributed by atoms with Gasteiger partial charge in [0.2, 0.25) is 0 Å². The average Bonchev–Trinajstić information content (AvgIpc) is 2.34. The summed E-state index contributed by atoms with van der Waals surface area (Å²) in [4.78, 5) is 0. The van der Waals surface area contributed by atoms with Crippen LogP contribution in [0.2, 0.25) is 0 Å². The molecular formula is C13H20BrNO2. The third kappa shape index (κ3) is 5.06. The number of unbranched alkanes of at least 4 members (excludes halogenated alkanes) is 1. The minimum atomic E-state index is -0.721. The molecule has 1 atom stereocenters. The van der Waals surface area contributed by atoms with Crippen LogP contribution in [0.3, 0.4) is 0 Å². The zero-order valence-corrected chi connectivity index (χ0v) is 11.7. The first-order valence-electron chi connectivity index (χ1n) is 5.98. The number of aryl methyl sites for hydroxylation is 1. The third-order valence-electron chi connectivity index (χ3n) is 2.59. The summed E-state index contributed by atoms with van der Waals surface area (Å²) in [6.07, 6.45) is 2.76. The molecule has 0 saturated carbocycles. The summed E-state index contributed by atoms with van der Waals surface area (Å²) >= 11 is 3.50. The predicted octanol–water partition coefficient (Wildman–Crippen LogP) is 2.56. The molecule has 4 heteroatoms. The summed E-state index contributed by atoms with van der Waals surface area (Å²) in [5.41, 5.74) is 2.25. The molecule has 0 bridgehead atoms. The zero-order chi connectivity index (χ0) is 12.7. The lowest BCUT2D eigenvalue weighted by atomic mass is 10.1. The fourth-order valence-electron chi connectivity index (χ4n) is 1.53. The largest absolute Gasteiger partial charge is 0.394 e. The van der Waals surface area contributed by atoms with Crippen molar-refractivity contribution >= 4 is 21.6 Å². The quantitative estimate of drug-likeness (QED) is 0.725. The van der Waals surface area contributed by atoms with E-state index in [1.807, 2.05) is 6.07 Å². The number of nitrogens with one attached hydrogen (secondary N) is 1. The highest BCUT2D eigenvalue weighted by atomic mass is 79.9. The number of benzene rings is 1. The first-order valence-corrected chi connectivity index (χ1v) is 6.78. The maximum Gasteiger partial charge on any atom is 0.0942 e. The minimum absolute atomic E-state index is 0.223. The first kappa shape index (κ1) is 14.5. The maximum absolute atomic E-state index is 9.25. The fourth-order valence-corrected chi connectivity index (χ4v) is 2.10. The van der Waals surface area contributed by atoms with Gasteiger partial charge in [0.25, 0.3) is 0 Å². The topological polar surface area (TPSA) is 52.5 Å². The van der Waals surface area contributed by atoms with Gasteiger partial charge in [0, 0.05) is 16.7 Å². The Balaban J connectivity index is 2.56. The Kier molecular flexibility index (Phi) is 6.55. The van der Waals surface area contributed by atoms with E-state index >= 15 is 0 Å². The molecule has 0 aliphatic carbocycles. The average molecular weight is 302 g/mol. The molecule has 1 rings (SSSR count). The number of rotatable bonds is 7. The van der Waals surface area contributed by atoms with E-state index in [9.17, 15) is 5.11 Å². The maximum atomic E-state index is 9.25. The fraction of sp³-hybridized carbons (Fsp3) is 0.538. The molecule has 0 fully saturated rings. The lowest BCUT2D eigenvalue weighted by Gasteiger charge is -2.12. The van der Waals surface area contributed by atoms with Crippen molar-refractivity contribution in [3.63, 3.8) is 0 Å². The van der Waals surface area contributed by atoms with Crippen LogP contribution >= 0.6 is 15.9 Å². The summed E-state index contributed by atoms with van der Waals surface area (Å²) in [6, 6.07) is 6.19. The van der Waals surface area contributed by atoms with E-state index in [4.69, 9.17) is 5.11 Å². The molecule has 0 aliphatic heterocycles. The molecule has 1 aromatic carbocycles. The van der Waals surface area contributed by atoms with Crippen molar-refractivity contribution in [2.45, 2.75) is 32.3 Å². The molecule has 17 heavy (non-hydrogen) atoms. The number of hydrogen-bond donors (Lipinski definition) is 3. The lowest BCUT2D eigenvalue weighted by Crippen LogP contribution is -2.23. The molecule has 0 heterocycles. The number of halogens is 1. The van der Waals surface area contributed by atoms with Crippen LogP contribution in [0.15, 0.2) is 22.7 Å². The van der Waals surface area contributed by atoms with Crippen LogP contribution in [-0.4, -0.2) is 29.5 Å². The number of aliphatic hydroxyl groups is 2. The van der Waals surface area contributed by atoms with Gasteiger partial charge in [-0.05, 0) is 46.5 Å². The van der Waals surface area contributed by atoms with E-state index in [1.165, 1.54) is 18.4 Å². The monoisotopic (exact) mass is 301 g/mol.